The molecule has 0 bridgehead atoms. The Balaban J connectivity index is 2.45. The lowest BCUT2D eigenvalue weighted by atomic mass is 10.1. The lowest BCUT2D eigenvalue weighted by Gasteiger charge is -2.16. The van der Waals surface area contributed by atoms with E-state index in [4.69, 9.17) is 0 Å². The molecule has 0 saturated carbocycles. The monoisotopic (exact) mass is 313 g/mol. The zero-order valence-corrected chi connectivity index (χ0v) is 12.0. The first-order chi connectivity index (χ1) is 8.13. The highest BCUT2D eigenvalue weighted by Crippen LogP contribution is 2.31. The second-order valence-electron chi connectivity index (χ2n) is 3.81. The molecule has 2 rings (SSSR count). The summed E-state index contributed by atoms with van der Waals surface area (Å²) < 4.78 is 14.6. The Bertz CT molecular complexity index is 524. The van der Waals surface area contributed by atoms with Gasteiger partial charge in [-0.15, -0.1) is 11.3 Å². The summed E-state index contributed by atoms with van der Waals surface area (Å²) in [7, 11) is 1.85. The molecule has 0 aliphatic rings. The molecule has 2 aromatic rings. The molecule has 0 spiro atoms. The number of thiophene rings is 1. The van der Waals surface area contributed by atoms with Crippen LogP contribution >= 0.6 is 27.3 Å². The molecule has 1 unspecified atom stereocenters. The second-order valence-corrected chi connectivity index (χ2v) is 5.99. The Morgan fingerprint density at radius 2 is 2.06 bits per heavy atom. The fourth-order valence-corrected chi connectivity index (χ4v) is 3.19. The average molecular weight is 314 g/mol. The molecule has 1 aromatic carbocycles. The van der Waals surface area contributed by atoms with Gasteiger partial charge in [0.1, 0.15) is 5.82 Å². The first-order valence-electron chi connectivity index (χ1n) is 5.31. The van der Waals surface area contributed by atoms with Gasteiger partial charge in [-0.1, -0.05) is 12.1 Å². The van der Waals surface area contributed by atoms with E-state index in [1.54, 1.807) is 17.4 Å². The molecule has 1 aromatic heterocycles. The third-order valence-electron chi connectivity index (χ3n) is 2.63. The SMILES string of the molecule is CNC(c1ccc(C)s1)c1cccc(Br)c1F. The van der Waals surface area contributed by atoms with Crippen LogP contribution in [0.15, 0.2) is 34.8 Å². The summed E-state index contributed by atoms with van der Waals surface area (Å²) in [5.41, 5.74) is 0.670. The van der Waals surface area contributed by atoms with E-state index in [9.17, 15) is 4.39 Å². The quantitative estimate of drug-likeness (QED) is 0.892. The molecular weight excluding hydrogens is 301 g/mol. The van der Waals surface area contributed by atoms with Crippen LogP contribution in [0.2, 0.25) is 0 Å². The smallest absolute Gasteiger partial charge is 0.142 e. The summed E-state index contributed by atoms with van der Waals surface area (Å²) >= 11 is 4.91. The second kappa shape index (κ2) is 5.29. The third-order valence-corrected chi connectivity index (χ3v) is 4.30. The molecule has 1 heterocycles. The van der Waals surface area contributed by atoms with E-state index >= 15 is 0 Å². The zero-order chi connectivity index (χ0) is 12.4. The summed E-state index contributed by atoms with van der Waals surface area (Å²) in [6.07, 6.45) is 0. The van der Waals surface area contributed by atoms with Crippen LogP contribution in [0.5, 0.6) is 0 Å². The Labute approximate surface area is 113 Å². The van der Waals surface area contributed by atoms with Gasteiger partial charge in [-0.2, -0.15) is 0 Å². The lowest BCUT2D eigenvalue weighted by Crippen LogP contribution is -2.17. The highest BCUT2D eigenvalue weighted by Gasteiger charge is 2.18. The van der Waals surface area contributed by atoms with Crippen molar-refractivity contribution in [2.75, 3.05) is 7.05 Å². The van der Waals surface area contributed by atoms with Crippen molar-refractivity contribution < 1.29 is 4.39 Å². The molecule has 0 saturated heterocycles. The van der Waals surface area contributed by atoms with Crippen molar-refractivity contribution in [1.82, 2.24) is 5.32 Å². The molecule has 0 radical (unpaired) electrons. The van der Waals surface area contributed by atoms with Gasteiger partial charge in [0, 0.05) is 15.3 Å². The van der Waals surface area contributed by atoms with Crippen molar-refractivity contribution >= 4 is 27.3 Å². The van der Waals surface area contributed by atoms with Gasteiger partial charge in [-0.05, 0) is 48.1 Å². The molecule has 0 aliphatic carbocycles. The predicted molar refractivity (Wildman–Crippen MR) is 74.1 cm³/mol. The van der Waals surface area contributed by atoms with Gasteiger partial charge < -0.3 is 5.32 Å². The van der Waals surface area contributed by atoms with Crippen LogP contribution in [0.25, 0.3) is 0 Å². The van der Waals surface area contributed by atoms with Crippen LogP contribution < -0.4 is 5.32 Å². The molecule has 17 heavy (non-hydrogen) atoms. The normalized spacial score (nSPS) is 12.7. The number of hydrogen-bond donors (Lipinski definition) is 1. The Hall–Kier alpha value is -0.710. The zero-order valence-electron chi connectivity index (χ0n) is 9.63. The predicted octanol–water partition coefficient (Wildman–Crippen LogP) is 4.27. The van der Waals surface area contributed by atoms with E-state index in [0.717, 1.165) is 4.88 Å². The first-order valence-corrected chi connectivity index (χ1v) is 6.92. The van der Waals surface area contributed by atoms with E-state index in [1.165, 1.54) is 4.88 Å². The van der Waals surface area contributed by atoms with Crippen molar-refractivity contribution in [2.45, 2.75) is 13.0 Å². The first kappa shape index (κ1) is 12.7. The minimum absolute atomic E-state index is 0.0915. The minimum Gasteiger partial charge on any atom is -0.309 e. The lowest BCUT2D eigenvalue weighted by molar-refractivity contribution is 0.574. The van der Waals surface area contributed by atoms with Crippen molar-refractivity contribution in [3.8, 4) is 0 Å². The van der Waals surface area contributed by atoms with E-state index in [0.29, 0.717) is 10.0 Å². The molecule has 1 atom stereocenters. The molecule has 0 amide bonds. The molecule has 1 N–H and O–H groups in total. The van der Waals surface area contributed by atoms with E-state index < -0.39 is 0 Å². The van der Waals surface area contributed by atoms with Gasteiger partial charge in [0.2, 0.25) is 0 Å². The van der Waals surface area contributed by atoms with Crippen LogP contribution in [0.4, 0.5) is 4.39 Å². The number of hydrogen-bond acceptors (Lipinski definition) is 2. The highest BCUT2D eigenvalue weighted by atomic mass is 79.9. The number of rotatable bonds is 3. The van der Waals surface area contributed by atoms with Gasteiger partial charge in [0.25, 0.3) is 0 Å². The van der Waals surface area contributed by atoms with Crippen molar-refractivity contribution in [2.24, 2.45) is 0 Å². The topological polar surface area (TPSA) is 12.0 Å². The standard InChI is InChI=1S/C13H13BrFNS/c1-8-6-7-11(17-8)13(16-2)9-4-3-5-10(14)12(9)15/h3-7,13,16H,1-2H3. The summed E-state index contributed by atoms with van der Waals surface area (Å²) in [4.78, 5) is 2.36. The molecular formula is C13H13BrFNS. The Morgan fingerprint density at radius 3 is 2.65 bits per heavy atom. The third kappa shape index (κ3) is 2.59. The molecule has 1 nitrogen and oxygen atoms in total. The molecule has 90 valence electrons. The fraction of sp³-hybridized carbons (Fsp3) is 0.231. The largest absolute Gasteiger partial charge is 0.309 e. The molecule has 0 aliphatic heterocycles. The maximum absolute atomic E-state index is 14.0. The summed E-state index contributed by atoms with van der Waals surface area (Å²) in [6, 6.07) is 9.39. The average Bonchev–Trinajstić information content (AvgIpc) is 2.72. The summed E-state index contributed by atoms with van der Waals surface area (Å²) in [6.45, 7) is 2.05. The van der Waals surface area contributed by atoms with E-state index in [-0.39, 0.29) is 11.9 Å². The summed E-state index contributed by atoms with van der Waals surface area (Å²) in [5, 5.41) is 3.17. The maximum atomic E-state index is 14.0. The van der Waals surface area contributed by atoms with Gasteiger partial charge >= 0.3 is 0 Å². The number of aryl methyl sites for hydroxylation is 1. The van der Waals surface area contributed by atoms with Crippen LogP contribution in [0, 0.1) is 12.7 Å². The Morgan fingerprint density at radius 1 is 1.29 bits per heavy atom. The van der Waals surface area contributed by atoms with Crippen LogP contribution in [0.1, 0.15) is 21.4 Å². The van der Waals surface area contributed by atoms with Crippen LogP contribution in [-0.4, -0.2) is 7.05 Å². The number of benzene rings is 1. The number of halogens is 2. The maximum Gasteiger partial charge on any atom is 0.142 e. The van der Waals surface area contributed by atoms with E-state index in [1.807, 2.05) is 25.2 Å². The van der Waals surface area contributed by atoms with Gasteiger partial charge in [0.15, 0.2) is 0 Å². The van der Waals surface area contributed by atoms with Crippen LogP contribution in [0.3, 0.4) is 0 Å². The van der Waals surface area contributed by atoms with Crippen LogP contribution in [-0.2, 0) is 0 Å². The molecule has 0 fully saturated rings. The summed E-state index contributed by atoms with van der Waals surface area (Å²) in [5.74, 6) is -0.196. The van der Waals surface area contributed by atoms with Crippen molar-refractivity contribution in [1.29, 1.82) is 0 Å². The Kier molecular flexibility index (Phi) is 3.97. The fourth-order valence-electron chi connectivity index (χ4n) is 1.80. The number of nitrogens with one attached hydrogen (secondary N) is 1. The van der Waals surface area contributed by atoms with E-state index in [2.05, 4.69) is 34.2 Å². The van der Waals surface area contributed by atoms with Gasteiger partial charge in [-0.3, -0.25) is 0 Å². The van der Waals surface area contributed by atoms with Gasteiger partial charge in [-0.25, -0.2) is 4.39 Å². The van der Waals surface area contributed by atoms with Crippen molar-refractivity contribution in [3.63, 3.8) is 0 Å². The van der Waals surface area contributed by atoms with Crippen molar-refractivity contribution in [3.05, 3.63) is 55.9 Å². The minimum atomic E-state index is -0.196. The molecule has 4 heteroatoms. The van der Waals surface area contributed by atoms with Gasteiger partial charge in [0.05, 0.1) is 10.5 Å². The highest BCUT2D eigenvalue weighted by molar-refractivity contribution is 9.10.